The molecule has 9 atom stereocenters. The zero-order chi connectivity index (χ0) is 40.1. The number of benzene rings is 3. The highest BCUT2D eigenvalue weighted by Crippen LogP contribution is 2.36. The van der Waals surface area contributed by atoms with Gasteiger partial charge in [-0.05, 0) is 42.5 Å². The van der Waals surface area contributed by atoms with Gasteiger partial charge in [-0.2, -0.15) is 12.6 Å². The number of carbonyl (C=O) groups excluding carboxylic acids is 2. The molecule has 0 spiro atoms. The van der Waals surface area contributed by atoms with E-state index >= 15 is 0 Å². The van der Waals surface area contributed by atoms with E-state index in [-0.39, 0.29) is 12.1 Å². The highest BCUT2D eigenvalue weighted by atomic mass is 32.1. The van der Waals surface area contributed by atoms with Crippen LogP contribution in [0.1, 0.15) is 53.1 Å². The van der Waals surface area contributed by atoms with Gasteiger partial charge in [0.1, 0.15) is 36.2 Å². The number of aliphatic hydroxyl groups is 3. The lowest BCUT2D eigenvalue weighted by Crippen LogP contribution is -2.52. The summed E-state index contributed by atoms with van der Waals surface area (Å²) in [6.45, 7) is 2.15. The number of alkyl carbamates (subject to hydrolysis) is 1. The third-order valence-electron chi connectivity index (χ3n) is 10.7. The van der Waals surface area contributed by atoms with Crippen LogP contribution in [0, 0.1) is 0 Å². The number of anilines is 1. The van der Waals surface area contributed by atoms with Crippen LogP contribution in [0.2, 0.25) is 0 Å². The number of aliphatic hydroxyl groups excluding tert-OH is 3. The van der Waals surface area contributed by atoms with Crippen LogP contribution in [0.25, 0.3) is 11.2 Å². The lowest BCUT2D eigenvalue weighted by molar-refractivity contribution is -0.118. The number of aryl methyl sites for hydroxylation is 1. The van der Waals surface area contributed by atoms with E-state index in [0.29, 0.717) is 41.9 Å². The van der Waals surface area contributed by atoms with E-state index in [0.717, 1.165) is 16.7 Å². The van der Waals surface area contributed by atoms with Gasteiger partial charge in [-0.3, -0.25) is 9.36 Å². The summed E-state index contributed by atoms with van der Waals surface area (Å²) in [6, 6.07) is 25.6. The minimum Gasteiger partial charge on any atom is -0.453 e. The molecule has 2 amide bonds. The lowest BCUT2D eigenvalue weighted by Gasteiger charge is -2.38. The van der Waals surface area contributed by atoms with Crippen molar-refractivity contribution >= 4 is 41.5 Å². The number of rotatable bonds is 13. The smallest absolute Gasteiger partial charge is 0.407 e. The fourth-order valence-corrected chi connectivity index (χ4v) is 8.17. The van der Waals surface area contributed by atoms with Crippen LogP contribution in [0.15, 0.2) is 97.6 Å². The zero-order valence-electron chi connectivity index (χ0n) is 31.5. The van der Waals surface area contributed by atoms with E-state index < -0.39 is 66.5 Å². The molecule has 57 heavy (non-hydrogen) atoms. The predicted molar refractivity (Wildman–Crippen MR) is 214 cm³/mol. The molecule has 0 saturated carbocycles. The molecule has 2 aromatic heterocycles. The number of ether oxygens (including phenoxy) is 3. The SMILES string of the molecule is COC(=O)N[C@H](C(=O)Nc1ccccc1CC[C@@H]1CN[C@H](C)[C@@H](C(S)c2ncnc3c2ncn3[C@@H]2O[C@H](CO)[C@@H](O)[C@H]2O)O1)C(c1ccccc1)c1ccccc1. The van der Waals surface area contributed by atoms with Crippen LogP contribution >= 0.6 is 12.6 Å². The topological polar surface area (TPSA) is 202 Å². The molecule has 0 bridgehead atoms. The first kappa shape index (κ1) is 40.3. The van der Waals surface area contributed by atoms with E-state index in [9.17, 15) is 24.9 Å². The normalized spacial score (nSPS) is 24.6. The third-order valence-corrected chi connectivity index (χ3v) is 11.2. The van der Waals surface area contributed by atoms with Gasteiger partial charge in [-0.15, -0.1) is 0 Å². The van der Waals surface area contributed by atoms with Gasteiger partial charge >= 0.3 is 6.09 Å². The second-order valence-electron chi connectivity index (χ2n) is 14.3. The number of amides is 2. The fraction of sp³-hybridized carbons (Fsp3) is 0.390. The largest absolute Gasteiger partial charge is 0.453 e. The second kappa shape index (κ2) is 18.1. The molecule has 16 heteroatoms. The molecule has 3 aromatic carbocycles. The Morgan fingerprint density at radius 3 is 2.32 bits per heavy atom. The molecule has 0 aliphatic carbocycles. The van der Waals surface area contributed by atoms with E-state index in [4.69, 9.17) is 26.8 Å². The summed E-state index contributed by atoms with van der Waals surface area (Å²) >= 11 is 4.99. The van der Waals surface area contributed by atoms with Gasteiger partial charge in [-0.25, -0.2) is 19.7 Å². The maximum atomic E-state index is 14.2. The molecular weight excluding hydrogens is 751 g/mol. The van der Waals surface area contributed by atoms with Crippen LogP contribution in [0.3, 0.4) is 0 Å². The Morgan fingerprint density at radius 2 is 1.65 bits per heavy atom. The Kier molecular flexibility index (Phi) is 12.8. The molecule has 7 rings (SSSR count). The highest BCUT2D eigenvalue weighted by Gasteiger charge is 2.44. The molecular formula is C41H47N7O8S. The maximum Gasteiger partial charge on any atom is 0.407 e. The van der Waals surface area contributed by atoms with E-state index in [1.165, 1.54) is 24.3 Å². The number of nitrogens with zero attached hydrogens (tertiary/aromatic N) is 4. The fourth-order valence-electron chi connectivity index (χ4n) is 7.65. The summed E-state index contributed by atoms with van der Waals surface area (Å²) in [7, 11) is 1.27. The molecule has 5 aromatic rings. The summed E-state index contributed by atoms with van der Waals surface area (Å²) in [4.78, 5) is 40.4. The Labute approximate surface area is 335 Å². The number of thiol groups is 1. The maximum absolute atomic E-state index is 14.2. The molecule has 300 valence electrons. The van der Waals surface area contributed by atoms with Gasteiger partial charge in [0.15, 0.2) is 11.9 Å². The van der Waals surface area contributed by atoms with Gasteiger partial charge in [-0.1, -0.05) is 78.9 Å². The number of fused-ring (bicyclic) bond motifs is 1. The number of imidazole rings is 1. The van der Waals surface area contributed by atoms with Crippen molar-refractivity contribution in [3.8, 4) is 0 Å². The Hall–Kier alpha value is -4.94. The molecule has 1 unspecified atom stereocenters. The highest BCUT2D eigenvalue weighted by molar-refractivity contribution is 7.80. The Morgan fingerprint density at radius 1 is 0.965 bits per heavy atom. The number of aromatic nitrogens is 4. The standard InChI is InChI=1S/C41H47N7O8S/c1-23-36(37(57)32-33-38(44-21-43-32)48(22-45-33)40-35(51)34(50)29(20-49)56-40)55-27(19-42-23)18-17-24-11-9-10-16-28(24)46-39(52)31(47-41(53)54-2)30(25-12-5-3-6-13-25)26-14-7-4-8-15-26/h3-16,21-23,27,29-31,34-37,40,42,49-51,57H,17-20H2,1-2H3,(H,46,52)(H,47,53)/t23-,27-,29-,31+,34-,35-,36+,37?,40-/m1/s1. The van der Waals surface area contributed by atoms with Crippen LogP contribution in [-0.2, 0) is 25.4 Å². The monoisotopic (exact) mass is 797 g/mol. The average Bonchev–Trinajstić information content (AvgIpc) is 3.80. The first-order chi connectivity index (χ1) is 27.7. The van der Waals surface area contributed by atoms with Crippen LogP contribution in [0.4, 0.5) is 10.5 Å². The second-order valence-corrected chi connectivity index (χ2v) is 14.8. The number of para-hydroxylation sites is 1. The molecule has 2 saturated heterocycles. The van der Waals surface area contributed by atoms with Crippen LogP contribution in [0.5, 0.6) is 0 Å². The van der Waals surface area contributed by atoms with Crippen molar-refractivity contribution in [1.29, 1.82) is 0 Å². The molecule has 0 radical (unpaired) electrons. The first-order valence-corrected chi connectivity index (χ1v) is 19.4. The van der Waals surface area contributed by atoms with Crippen molar-refractivity contribution in [3.05, 3.63) is 120 Å². The predicted octanol–water partition coefficient (Wildman–Crippen LogP) is 3.28. The number of hydrogen-bond donors (Lipinski definition) is 7. The van der Waals surface area contributed by atoms with E-state index in [1.54, 1.807) is 0 Å². The van der Waals surface area contributed by atoms with E-state index in [2.05, 4.69) is 30.9 Å². The zero-order valence-corrected chi connectivity index (χ0v) is 32.4. The number of nitrogens with one attached hydrogen (secondary N) is 3. The van der Waals surface area contributed by atoms with E-state index in [1.807, 2.05) is 91.9 Å². The van der Waals surface area contributed by atoms with Crippen molar-refractivity contribution in [2.24, 2.45) is 0 Å². The first-order valence-electron chi connectivity index (χ1n) is 18.9. The minimum absolute atomic E-state index is 0.0932. The van der Waals surface area contributed by atoms with Gasteiger partial charge in [0.25, 0.3) is 0 Å². The van der Waals surface area contributed by atoms with Crippen LogP contribution < -0.4 is 16.0 Å². The quantitative estimate of drug-likeness (QED) is 0.0859. The van der Waals surface area contributed by atoms with Crippen LogP contribution in [-0.4, -0.2) is 110 Å². The minimum atomic E-state index is -1.30. The number of methoxy groups -OCH3 is 1. The number of hydrogen-bond acceptors (Lipinski definition) is 13. The van der Waals surface area contributed by atoms with Gasteiger partial charge in [0, 0.05) is 24.2 Å². The van der Waals surface area contributed by atoms with Crippen molar-refractivity contribution in [3.63, 3.8) is 0 Å². The van der Waals surface area contributed by atoms with Gasteiger partial charge in [0.05, 0.1) is 43.2 Å². The molecule has 2 aliphatic rings. The summed E-state index contributed by atoms with van der Waals surface area (Å²) in [5.41, 5.74) is 4.58. The molecule has 2 fully saturated rings. The Balaban J connectivity index is 1.06. The van der Waals surface area contributed by atoms with Crippen molar-refractivity contribution < 1.29 is 39.1 Å². The molecule has 2 aliphatic heterocycles. The van der Waals surface area contributed by atoms with Gasteiger partial charge < -0.3 is 45.5 Å². The van der Waals surface area contributed by atoms with Crippen molar-refractivity contribution in [2.75, 3.05) is 25.6 Å². The van der Waals surface area contributed by atoms with Crippen molar-refractivity contribution in [1.82, 2.24) is 30.2 Å². The summed E-state index contributed by atoms with van der Waals surface area (Å²) < 4.78 is 18.9. The number of carbonyl (C=O) groups is 2. The summed E-state index contributed by atoms with van der Waals surface area (Å²) in [5.74, 6) is -0.905. The molecule has 6 N–H and O–H groups in total. The third kappa shape index (κ3) is 8.67. The summed E-state index contributed by atoms with van der Waals surface area (Å²) in [5, 5.41) is 39.5. The number of morpholine rings is 1. The molecule has 15 nitrogen and oxygen atoms in total. The molecule has 4 heterocycles. The lowest BCUT2D eigenvalue weighted by atomic mass is 9.84. The average molecular weight is 798 g/mol. The summed E-state index contributed by atoms with van der Waals surface area (Å²) in [6.07, 6.45) is -1.84. The van der Waals surface area contributed by atoms with Crippen molar-refractivity contribution in [2.45, 2.75) is 79.8 Å². The van der Waals surface area contributed by atoms with Gasteiger partial charge in [0.2, 0.25) is 5.91 Å². The Bertz CT molecular complexity index is 2090.